The predicted molar refractivity (Wildman–Crippen MR) is 75.1 cm³/mol. The molecule has 19 heavy (non-hydrogen) atoms. The molecule has 1 unspecified atom stereocenters. The molecule has 0 fully saturated rings. The second-order valence-corrected chi connectivity index (χ2v) is 4.25. The first-order chi connectivity index (χ1) is 9.35. The smallest absolute Gasteiger partial charge is 0.237 e. The average molecular weight is 257 g/mol. The van der Waals surface area contributed by atoms with Crippen LogP contribution in [0.2, 0.25) is 0 Å². The summed E-state index contributed by atoms with van der Waals surface area (Å²) in [6.07, 6.45) is 4.21. The number of ether oxygens (including phenoxy) is 1. The van der Waals surface area contributed by atoms with Crippen LogP contribution < -0.4 is 10.1 Å². The molecule has 0 bridgehead atoms. The van der Waals surface area contributed by atoms with Gasteiger partial charge in [0.05, 0.1) is 13.2 Å². The van der Waals surface area contributed by atoms with Crippen molar-refractivity contribution in [2.45, 2.75) is 19.4 Å². The molecule has 0 radical (unpaired) electrons. The molecule has 0 aliphatic carbocycles. The maximum atomic E-state index is 5.30. The van der Waals surface area contributed by atoms with E-state index in [1.165, 1.54) is 5.56 Å². The summed E-state index contributed by atoms with van der Waals surface area (Å²) in [6, 6.07) is 10.5. The molecule has 0 saturated heterocycles. The number of aromatic nitrogens is 2. The van der Waals surface area contributed by atoms with E-state index in [9.17, 15) is 0 Å². The number of nitrogens with one attached hydrogen (secondary N) is 1. The molecule has 2 rings (SSSR count). The highest BCUT2D eigenvalue weighted by molar-refractivity contribution is 5.25. The monoisotopic (exact) mass is 257 g/mol. The zero-order valence-electron chi connectivity index (χ0n) is 11.3. The zero-order chi connectivity index (χ0) is 13.5. The molecule has 1 aromatic carbocycles. The van der Waals surface area contributed by atoms with Gasteiger partial charge < -0.3 is 10.1 Å². The minimum absolute atomic E-state index is 0.107. The molecular formula is C15H19N3O. The summed E-state index contributed by atoms with van der Waals surface area (Å²) in [6.45, 7) is 2.96. The molecule has 1 atom stereocenters. The van der Waals surface area contributed by atoms with Gasteiger partial charge in [-0.25, -0.2) is 4.98 Å². The first kappa shape index (κ1) is 13.5. The Morgan fingerprint density at radius 2 is 1.89 bits per heavy atom. The molecule has 4 heteroatoms. The van der Waals surface area contributed by atoms with Crippen LogP contribution in [0.4, 0.5) is 0 Å². The van der Waals surface area contributed by atoms with E-state index in [1.54, 1.807) is 19.5 Å². The Bertz CT molecular complexity index is 502. The number of hydrogen-bond acceptors (Lipinski definition) is 4. The number of benzene rings is 1. The fourth-order valence-electron chi connectivity index (χ4n) is 2.09. The van der Waals surface area contributed by atoms with Crippen molar-refractivity contribution in [3.63, 3.8) is 0 Å². The fourth-order valence-corrected chi connectivity index (χ4v) is 2.09. The van der Waals surface area contributed by atoms with E-state index in [2.05, 4.69) is 34.3 Å². The Balaban J connectivity index is 2.24. The van der Waals surface area contributed by atoms with Crippen molar-refractivity contribution >= 4 is 0 Å². The molecule has 1 heterocycles. The highest BCUT2D eigenvalue weighted by Gasteiger charge is 2.18. The van der Waals surface area contributed by atoms with Crippen LogP contribution in [0.3, 0.4) is 0 Å². The first-order valence-corrected chi connectivity index (χ1v) is 6.47. The highest BCUT2D eigenvalue weighted by Crippen LogP contribution is 2.23. The van der Waals surface area contributed by atoms with Gasteiger partial charge in [0.1, 0.15) is 5.69 Å². The molecule has 1 N–H and O–H groups in total. The van der Waals surface area contributed by atoms with E-state index >= 15 is 0 Å². The molecule has 1 aromatic heterocycles. The van der Waals surface area contributed by atoms with E-state index in [0.29, 0.717) is 5.88 Å². The van der Waals surface area contributed by atoms with Gasteiger partial charge in [0.15, 0.2) is 0 Å². The summed E-state index contributed by atoms with van der Waals surface area (Å²) >= 11 is 0. The maximum Gasteiger partial charge on any atom is 0.237 e. The number of rotatable bonds is 6. The van der Waals surface area contributed by atoms with E-state index in [1.807, 2.05) is 18.2 Å². The van der Waals surface area contributed by atoms with Gasteiger partial charge in [-0.15, -0.1) is 0 Å². The molecule has 2 aromatic rings. The number of methoxy groups -OCH3 is 1. The second kappa shape index (κ2) is 6.85. The Kier molecular flexibility index (Phi) is 4.86. The Morgan fingerprint density at radius 3 is 2.58 bits per heavy atom. The third-order valence-corrected chi connectivity index (χ3v) is 2.95. The summed E-state index contributed by atoms with van der Waals surface area (Å²) in [4.78, 5) is 8.63. The SMILES string of the molecule is CCNC(Cc1ccccc1)c1nccnc1OC. The average Bonchev–Trinajstić information content (AvgIpc) is 2.48. The molecule has 0 amide bonds. The van der Waals surface area contributed by atoms with Crippen molar-refractivity contribution in [1.29, 1.82) is 0 Å². The van der Waals surface area contributed by atoms with E-state index in [0.717, 1.165) is 18.7 Å². The molecular weight excluding hydrogens is 238 g/mol. The first-order valence-electron chi connectivity index (χ1n) is 6.47. The lowest BCUT2D eigenvalue weighted by atomic mass is 10.0. The van der Waals surface area contributed by atoms with E-state index in [4.69, 9.17) is 4.74 Å². The van der Waals surface area contributed by atoms with Crippen LogP contribution in [0.15, 0.2) is 42.7 Å². The topological polar surface area (TPSA) is 47.0 Å². The van der Waals surface area contributed by atoms with Crippen molar-refractivity contribution < 1.29 is 4.74 Å². The summed E-state index contributed by atoms with van der Waals surface area (Å²) in [5.74, 6) is 0.587. The fraction of sp³-hybridized carbons (Fsp3) is 0.333. The summed E-state index contributed by atoms with van der Waals surface area (Å²) in [5, 5.41) is 3.44. The second-order valence-electron chi connectivity index (χ2n) is 4.25. The van der Waals surface area contributed by atoms with Crippen molar-refractivity contribution in [3.05, 3.63) is 54.0 Å². The standard InChI is InChI=1S/C15H19N3O/c1-3-16-13(11-12-7-5-4-6-8-12)14-15(19-2)18-10-9-17-14/h4-10,13,16H,3,11H2,1-2H3. The third-order valence-electron chi connectivity index (χ3n) is 2.95. The summed E-state index contributed by atoms with van der Waals surface area (Å²) < 4.78 is 5.30. The summed E-state index contributed by atoms with van der Waals surface area (Å²) in [5.41, 5.74) is 2.12. The summed E-state index contributed by atoms with van der Waals surface area (Å²) in [7, 11) is 1.62. The molecule has 4 nitrogen and oxygen atoms in total. The van der Waals surface area contributed by atoms with Crippen molar-refractivity contribution in [1.82, 2.24) is 15.3 Å². The van der Waals surface area contributed by atoms with Crippen LogP contribution in [-0.2, 0) is 6.42 Å². The van der Waals surface area contributed by atoms with E-state index < -0.39 is 0 Å². The van der Waals surface area contributed by atoms with Crippen molar-refractivity contribution in [3.8, 4) is 5.88 Å². The van der Waals surface area contributed by atoms with Crippen LogP contribution in [0.25, 0.3) is 0 Å². The minimum atomic E-state index is 0.107. The predicted octanol–water partition coefficient (Wildman–Crippen LogP) is 2.38. The van der Waals surface area contributed by atoms with Gasteiger partial charge in [-0.1, -0.05) is 37.3 Å². The highest BCUT2D eigenvalue weighted by atomic mass is 16.5. The number of hydrogen-bond donors (Lipinski definition) is 1. The van der Waals surface area contributed by atoms with Crippen LogP contribution in [0.5, 0.6) is 5.88 Å². The molecule has 0 spiro atoms. The van der Waals surface area contributed by atoms with Crippen LogP contribution in [0, 0.1) is 0 Å². The van der Waals surface area contributed by atoms with Gasteiger partial charge in [0.25, 0.3) is 0 Å². The van der Waals surface area contributed by atoms with Crippen molar-refractivity contribution in [2.24, 2.45) is 0 Å². The number of nitrogens with zero attached hydrogens (tertiary/aromatic N) is 2. The maximum absolute atomic E-state index is 5.30. The molecule has 100 valence electrons. The van der Waals surface area contributed by atoms with Crippen molar-refractivity contribution in [2.75, 3.05) is 13.7 Å². The van der Waals surface area contributed by atoms with Gasteiger partial charge in [-0.05, 0) is 18.5 Å². The lowest BCUT2D eigenvalue weighted by Gasteiger charge is -2.18. The van der Waals surface area contributed by atoms with Crippen LogP contribution in [-0.4, -0.2) is 23.6 Å². The Hall–Kier alpha value is -1.94. The normalized spacial score (nSPS) is 12.1. The Morgan fingerprint density at radius 1 is 1.16 bits per heavy atom. The minimum Gasteiger partial charge on any atom is -0.480 e. The molecule has 0 aliphatic rings. The van der Waals surface area contributed by atoms with Gasteiger partial charge in [-0.3, -0.25) is 4.98 Å². The van der Waals surface area contributed by atoms with Gasteiger partial charge in [0.2, 0.25) is 5.88 Å². The largest absolute Gasteiger partial charge is 0.480 e. The Labute approximate surface area is 113 Å². The van der Waals surface area contributed by atoms with Gasteiger partial charge >= 0.3 is 0 Å². The third kappa shape index (κ3) is 3.51. The lowest BCUT2D eigenvalue weighted by Crippen LogP contribution is -2.24. The van der Waals surface area contributed by atoms with E-state index in [-0.39, 0.29) is 6.04 Å². The van der Waals surface area contributed by atoms with Crippen LogP contribution >= 0.6 is 0 Å². The van der Waals surface area contributed by atoms with Gasteiger partial charge in [0, 0.05) is 12.4 Å². The van der Waals surface area contributed by atoms with Crippen LogP contribution in [0.1, 0.15) is 24.2 Å². The lowest BCUT2D eigenvalue weighted by molar-refractivity contribution is 0.377. The number of likely N-dealkylation sites (N-methyl/N-ethyl adjacent to an activating group) is 1. The quantitative estimate of drug-likeness (QED) is 0.863. The molecule has 0 saturated carbocycles. The molecule has 0 aliphatic heterocycles. The zero-order valence-corrected chi connectivity index (χ0v) is 11.3. The van der Waals surface area contributed by atoms with Gasteiger partial charge in [-0.2, -0.15) is 0 Å².